The number of carbonyl (C=O) groups excluding carboxylic acids is 1. The van der Waals surface area contributed by atoms with Crippen molar-refractivity contribution in [1.29, 1.82) is 0 Å². The summed E-state index contributed by atoms with van der Waals surface area (Å²) in [6.07, 6.45) is 0. The molecule has 2 aromatic carbocycles. The molecule has 2 N–H and O–H groups in total. The zero-order valence-corrected chi connectivity index (χ0v) is 16.8. The Balaban J connectivity index is 1.50. The van der Waals surface area contributed by atoms with E-state index in [1.165, 1.54) is 6.07 Å². The standard InChI is InChI=1S/C22H28FN5O/c1-2-24-22(26-13-12-25-21(29)18-8-4-3-5-9-18)28-16-14-27(15-17-28)20-11-7-6-10-19(20)23/h3-11H,2,12-17H2,1H3,(H,24,26)(H,25,29). The predicted octanol–water partition coefficient (Wildman–Crippen LogP) is 2.34. The van der Waals surface area contributed by atoms with Gasteiger partial charge in [0.1, 0.15) is 5.82 Å². The molecule has 2 aromatic rings. The number of nitrogens with zero attached hydrogens (tertiary/aromatic N) is 3. The molecule has 0 bridgehead atoms. The van der Waals surface area contributed by atoms with Crippen molar-refractivity contribution in [2.45, 2.75) is 6.92 Å². The lowest BCUT2D eigenvalue weighted by Gasteiger charge is -2.37. The lowest BCUT2D eigenvalue weighted by Crippen LogP contribution is -2.52. The van der Waals surface area contributed by atoms with Gasteiger partial charge in [-0.2, -0.15) is 0 Å². The zero-order chi connectivity index (χ0) is 20.5. The van der Waals surface area contributed by atoms with Crippen molar-refractivity contribution >= 4 is 17.6 Å². The van der Waals surface area contributed by atoms with Crippen molar-refractivity contribution in [3.8, 4) is 0 Å². The van der Waals surface area contributed by atoms with Gasteiger partial charge in [-0.25, -0.2) is 4.39 Å². The van der Waals surface area contributed by atoms with E-state index in [2.05, 4.69) is 25.4 Å². The van der Waals surface area contributed by atoms with Gasteiger partial charge in [-0.1, -0.05) is 30.3 Å². The van der Waals surface area contributed by atoms with E-state index in [4.69, 9.17) is 0 Å². The second-order valence-corrected chi connectivity index (χ2v) is 6.78. The van der Waals surface area contributed by atoms with Gasteiger partial charge in [0.25, 0.3) is 5.91 Å². The Kier molecular flexibility index (Phi) is 7.44. The summed E-state index contributed by atoms with van der Waals surface area (Å²) >= 11 is 0. The van der Waals surface area contributed by atoms with Crippen molar-refractivity contribution in [1.82, 2.24) is 15.5 Å². The molecule has 1 aliphatic heterocycles. The van der Waals surface area contributed by atoms with Gasteiger partial charge in [0.2, 0.25) is 0 Å². The first-order valence-corrected chi connectivity index (χ1v) is 10.0. The molecular weight excluding hydrogens is 369 g/mol. The number of benzene rings is 2. The van der Waals surface area contributed by atoms with Crippen molar-refractivity contribution < 1.29 is 9.18 Å². The predicted molar refractivity (Wildman–Crippen MR) is 115 cm³/mol. The average Bonchev–Trinajstić information content (AvgIpc) is 2.77. The monoisotopic (exact) mass is 397 g/mol. The minimum atomic E-state index is -0.185. The quantitative estimate of drug-likeness (QED) is 0.446. The third kappa shape index (κ3) is 5.70. The number of piperazine rings is 1. The van der Waals surface area contributed by atoms with E-state index in [1.54, 1.807) is 18.2 Å². The lowest BCUT2D eigenvalue weighted by molar-refractivity contribution is 0.0954. The van der Waals surface area contributed by atoms with E-state index in [9.17, 15) is 9.18 Å². The maximum atomic E-state index is 14.0. The third-order valence-corrected chi connectivity index (χ3v) is 4.80. The number of halogens is 1. The molecular formula is C22H28FN5O. The largest absolute Gasteiger partial charge is 0.366 e. The van der Waals surface area contributed by atoms with E-state index in [0.717, 1.165) is 38.7 Å². The Bertz CT molecular complexity index is 819. The summed E-state index contributed by atoms with van der Waals surface area (Å²) in [6.45, 7) is 6.75. The molecule has 0 spiro atoms. The SMILES string of the molecule is CCNC(=NCCNC(=O)c1ccccc1)N1CCN(c2ccccc2F)CC1. The number of anilines is 1. The Morgan fingerprint density at radius 3 is 2.38 bits per heavy atom. The highest BCUT2D eigenvalue weighted by Gasteiger charge is 2.21. The number of hydrogen-bond donors (Lipinski definition) is 2. The maximum absolute atomic E-state index is 14.0. The van der Waals surface area contributed by atoms with E-state index in [-0.39, 0.29) is 11.7 Å². The Labute approximate surface area is 171 Å². The van der Waals surface area contributed by atoms with Gasteiger partial charge in [0, 0.05) is 44.8 Å². The number of nitrogens with one attached hydrogen (secondary N) is 2. The summed E-state index contributed by atoms with van der Waals surface area (Å²) in [7, 11) is 0. The number of rotatable bonds is 6. The smallest absolute Gasteiger partial charge is 0.251 e. The first-order valence-electron chi connectivity index (χ1n) is 10.0. The van der Waals surface area contributed by atoms with E-state index >= 15 is 0 Å². The molecule has 1 aliphatic rings. The number of amides is 1. The molecule has 0 radical (unpaired) electrons. The second-order valence-electron chi connectivity index (χ2n) is 6.78. The fraction of sp³-hybridized carbons (Fsp3) is 0.364. The summed E-state index contributed by atoms with van der Waals surface area (Å²) in [5.41, 5.74) is 1.30. The van der Waals surface area contributed by atoms with Gasteiger partial charge in [-0.05, 0) is 31.2 Å². The molecule has 0 unspecified atom stereocenters. The van der Waals surface area contributed by atoms with Crippen molar-refractivity contribution in [3.05, 3.63) is 66.0 Å². The molecule has 29 heavy (non-hydrogen) atoms. The van der Waals surface area contributed by atoms with Gasteiger partial charge in [0.05, 0.1) is 12.2 Å². The maximum Gasteiger partial charge on any atom is 0.251 e. The fourth-order valence-corrected chi connectivity index (χ4v) is 3.32. The molecule has 0 atom stereocenters. The summed E-state index contributed by atoms with van der Waals surface area (Å²) < 4.78 is 14.0. The minimum Gasteiger partial charge on any atom is -0.366 e. The van der Waals surface area contributed by atoms with Gasteiger partial charge in [0.15, 0.2) is 5.96 Å². The van der Waals surface area contributed by atoms with Crippen LogP contribution in [0.5, 0.6) is 0 Å². The molecule has 3 rings (SSSR count). The highest BCUT2D eigenvalue weighted by Crippen LogP contribution is 2.20. The van der Waals surface area contributed by atoms with Gasteiger partial charge < -0.3 is 20.4 Å². The van der Waals surface area contributed by atoms with E-state index < -0.39 is 0 Å². The molecule has 0 saturated carbocycles. The van der Waals surface area contributed by atoms with Crippen LogP contribution in [0.4, 0.5) is 10.1 Å². The highest BCUT2D eigenvalue weighted by atomic mass is 19.1. The van der Waals surface area contributed by atoms with Crippen LogP contribution < -0.4 is 15.5 Å². The summed E-state index contributed by atoms with van der Waals surface area (Å²) in [6, 6.07) is 16.0. The number of guanidine groups is 1. The molecule has 1 amide bonds. The van der Waals surface area contributed by atoms with Crippen LogP contribution in [0.1, 0.15) is 17.3 Å². The third-order valence-electron chi connectivity index (χ3n) is 4.80. The first kappa shape index (κ1) is 20.6. The van der Waals surface area contributed by atoms with E-state index in [1.807, 2.05) is 37.3 Å². The molecule has 154 valence electrons. The molecule has 7 heteroatoms. The topological polar surface area (TPSA) is 60.0 Å². The second kappa shape index (κ2) is 10.5. The van der Waals surface area contributed by atoms with E-state index in [0.29, 0.717) is 24.3 Å². The highest BCUT2D eigenvalue weighted by molar-refractivity contribution is 5.94. The Hall–Kier alpha value is -3.09. The minimum absolute atomic E-state index is 0.0932. The molecule has 6 nitrogen and oxygen atoms in total. The van der Waals surface area contributed by atoms with Crippen molar-refractivity contribution in [2.24, 2.45) is 4.99 Å². The lowest BCUT2D eigenvalue weighted by atomic mass is 10.2. The molecule has 1 saturated heterocycles. The van der Waals surface area contributed by atoms with Crippen LogP contribution in [-0.4, -0.2) is 62.6 Å². The molecule has 0 aromatic heterocycles. The Morgan fingerprint density at radius 1 is 1.00 bits per heavy atom. The van der Waals surface area contributed by atoms with Crippen LogP contribution >= 0.6 is 0 Å². The number of aliphatic imine (C=N–C) groups is 1. The zero-order valence-electron chi connectivity index (χ0n) is 16.8. The number of hydrogen-bond acceptors (Lipinski definition) is 3. The van der Waals surface area contributed by atoms with Crippen LogP contribution in [-0.2, 0) is 0 Å². The fourth-order valence-electron chi connectivity index (χ4n) is 3.32. The van der Waals surface area contributed by atoms with Crippen LogP contribution in [0.3, 0.4) is 0 Å². The average molecular weight is 397 g/mol. The molecule has 0 aliphatic carbocycles. The summed E-state index contributed by atoms with van der Waals surface area (Å²) in [5, 5.41) is 6.20. The van der Waals surface area contributed by atoms with Crippen LogP contribution in [0.2, 0.25) is 0 Å². The van der Waals surface area contributed by atoms with Crippen LogP contribution in [0.15, 0.2) is 59.6 Å². The van der Waals surface area contributed by atoms with Crippen LogP contribution in [0.25, 0.3) is 0 Å². The summed E-state index contributed by atoms with van der Waals surface area (Å²) in [4.78, 5) is 21.0. The Morgan fingerprint density at radius 2 is 1.69 bits per heavy atom. The number of carbonyl (C=O) groups is 1. The van der Waals surface area contributed by atoms with Crippen molar-refractivity contribution in [2.75, 3.05) is 50.7 Å². The molecule has 1 fully saturated rings. The van der Waals surface area contributed by atoms with Gasteiger partial charge >= 0.3 is 0 Å². The van der Waals surface area contributed by atoms with Gasteiger partial charge in [-0.3, -0.25) is 9.79 Å². The van der Waals surface area contributed by atoms with Crippen molar-refractivity contribution in [3.63, 3.8) is 0 Å². The van der Waals surface area contributed by atoms with Gasteiger partial charge in [-0.15, -0.1) is 0 Å². The normalized spacial score (nSPS) is 14.6. The number of para-hydroxylation sites is 1. The van der Waals surface area contributed by atoms with Crippen LogP contribution in [0, 0.1) is 5.82 Å². The molecule has 1 heterocycles. The summed E-state index contributed by atoms with van der Waals surface area (Å²) in [5.74, 6) is 0.551. The first-order chi connectivity index (χ1) is 14.2.